The summed E-state index contributed by atoms with van der Waals surface area (Å²) in [7, 11) is 0. The molecule has 2 N–H and O–H groups in total. The average molecular weight is 409 g/mol. The number of allylic oxidation sites excluding steroid dienone is 1. The minimum Gasteiger partial charge on any atom is -0.491 e. The summed E-state index contributed by atoms with van der Waals surface area (Å²) < 4.78 is 43.6. The van der Waals surface area contributed by atoms with Crippen molar-refractivity contribution in [1.82, 2.24) is 5.48 Å². The Bertz CT molecular complexity index is 861. The summed E-state index contributed by atoms with van der Waals surface area (Å²) in [6.07, 6.45) is -2.78. The molecule has 0 bridgehead atoms. The number of rotatable bonds is 9. The second-order valence-corrected chi connectivity index (χ2v) is 6.19. The number of hydroxylamine groups is 1. The molecule has 156 valence electrons. The first-order chi connectivity index (χ1) is 13.7. The molecule has 0 spiro atoms. The van der Waals surface area contributed by atoms with Crippen LogP contribution in [-0.4, -0.2) is 24.3 Å². The maximum Gasteiger partial charge on any atom is 0.416 e. The molecule has 0 unspecified atom stereocenters. The quantitative estimate of drug-likeness (QED) is 0.468. The molecule has 5 nitrogen and oxygen atoms in total. The minimum absolute atomic E-state index is 0.0845. The van der Waals surface area contributed by atoms with Gasteiger partial charge in [0.25, 0.3) is 0 Å². The van der Waals surface area contributed by atoms with Gasteiger partial charge in [-0.05, 0) is 48.7 Å². The molecule has 0 radical (unpaired) electrons. The number of halogens is 3. The van der Waals surface area contributed by atoms with Crippen LogP contribution in [0.1, 0.15) is 29.2 Å². The van der Waals surface area contributed by atoms with Crippen molar-refractivity contribution in [2.45, 2.75) is 26.4 Å². The highest BCUT2D eigenvalue weighted by Crippen LogP contribution is 2.29. The maximum atomic E-state index is 12.6. The highest BCUT2D eigenvalue weighted by atomic mass is 19.4. The summed E-state index contributed by atoms with van der Waals surface area (Å²) in [5, 5.41) is 8.92. The van der Waals surface area contributed by atoms with E-state index in [0.717, 1.165) is 17.7 Å². The van der Waals surface area contributed by atoms with Crippen LogP contribution in [0.2, 0.25) is 0 Å². The van der Waals surface area contributed by atoms with Gasteiger partial charge in [-0.3, -0.25) is 15.1 Å². The molecule has 0 aromatic heterocycles. The van der Waals surface area contributed by atoms with E-state index in [2.05, 4.69) is 5.48 Å². The molecule has 8 heteroatoms. The van der Waals surface area contributed by atoms with Crippen LogP contribution in [0.4, 0.5) is 13.2 Å². The summed E-state index contributed by atoms with van der Waals surface area (Å²) in [5.41, 5.74) is 4.49. The van der Waals surface area contributed by atoms with E-state index in [1.54, 1.807) is 38.1 Å². The number of carbonyl (C=O) groups is 1. The number of hydrogen-bond acceptors (Lipinski definition) is 4. The zero-order chi connectivity index (χ0) is 21.4. The monoisotopic (exact) mass is 409 g/mol. The molecule has 0 saturated heterocycles. The third kappa shape index (κ3) is 6.53. The van der Waals surface area contributed by atoms with Crippen molar-refractivity contribution in [2.24, 2.45) is 0 Å². The lowest BCUT2D eigenvalue weighted by molar-refractivity contribution is -0.138. The first-order valence-corrected chi connectivity index (χ1v) is 8.87. The van der Waals surface area contributed by atoms with E-state index in [4.69, 9.17) is 14.7 Å². The molecular weight excluding hydrogens is 387 g/mol. The smallest absolute Gasteiger partial charge is 0.416 e. The molecular formula is C21H22F3NO4. The van der Waals surface area contributed by atoms with Gasteiger partial charge < -0.3 is 9.84 Å². The molecule has 2 rings (SSSR count). The van der Waals surface area contributed by atoms with Crippen LogP contribution in [0.5, 0.6) is 5.75 Å². The van der Waals surface area contributed by atoms with Gasteiger partial charge >= 0.3 is 12.1 Å². The highest BCUT2D eigenvalue weighted by Gasteiger charge is 2.30. The van der Waals surface area contributed by atoms with Gasteiger partial charge in [0.1, 0.15) is 19.0 Å². The lowest BCUT2D eigenvalue weighted by atomic mass is 10.1. The molecule has 0 saturated carbocycles. The number of benzene rings is 2. The highest BCUT2D eigenvalue weighted by molar-refractivity contribution is 5.71. The van der Waals surface area contributed by atoms with Gasteiger partial charge in [0, 0.05) is 0 Å². The Kier molecular flexibility index (Phi) is 7.67. The number of aliphatic carboxylic acids is 1. The van der Waals surface area contributed by atoms with Gasteiger partial charge in [-0.15, -0.1) is 0 Å². The number of alkyl halides is 3. The lowest BCUT2D eigenvalue weighted by Crippen LogP contribution is -2.18. The van der Waals surface area contributed by atoms with Crippen LogP contribution in [0.3, 0.4) is 0 Å². The number of nitrogens with one attached hydrogen (secondary N) is 1. The lowest BCUT2D eigenvalue weighted by Gasteiger charge is -2.14. The molecule has 2 aromatic rings. The fourth-order valence-corrected chi connectivity index (χ4v) is 2.62. The van der Waals surface area contributed by atoms with Crippen LogP contribution >= 0.6 is 0 Å². The third-order valence-electron chi connectivity index (χ3n) is 4.17. The van der Waals surface area contributed by atoms with Crippen LogP contribution in [0.15, 0.2) is 48.5 Å². The molecule has 0 amide bonds. The molecule has 0 aliphatic rings. The van der Waals surface area contributed by atoms with Crippen LogP contribution in [0.25, 0.3) is 5.70 Å². The maximum absolute atomic E-state index is 12.6. The third-order valence-corrected chi connectivity index (χ3v) is 4.17. The Morgan fingerprint density at radius 3 is 2.41 bits per heavy atom. The second-order valence-electron chi connectivity index (χ2n) is 6.19. The number of carboxylic acid groups (broad SMARTS) is 1. The second kappa shape index (κ2) is 9.97. The molecule has 29 heavy (non-hydrogen) atoms. The minimum atomic E-state index is -4.38. The fraction of sp³-hybridized carbons (Fsp3) is 0.286. The van der Waals surface area contributed by atoms with Gasteiger partial charge in [0.2, 0.25) is 0 Å². The van der Waals surface area contributed by atoms with Crippen molar-refractivity contribution in [1.29, 1.82) is 0 Å². The summed E-state index contributed by atoms with van der Waals surface area (Å²) in [6.45, 7) is 3.89. The summed E-state index contributed by atoms with van der Waals surface area (Å²) in [6, 6.07) is 9.95. The first kappa shape index (κ1) is 22.3. The van der Waals surface area contributed by atoms with Crippen molar-refractivity contribution < 1.29 is 32.6 Å². The summed E-state index contributed by atoms with van der Waals surface area (Å²) in [5.74, 6) is -0.346. The van der Waals surface area contributed by atoms with Crippen molar-refractivity contribution in [3.8, 4) is 5.75 Å². The van der Waals surface area contributed by atoms with Crippen LogP contribution < -0.4 is 10.2 Å². The fourth-order valence-electron chi connectivity index (χ4n) is 2.62. The van der Waals surface area contributed by atoms with Gasteiger partial charge in [-0.2, -0.15) is 13.2 Å². The van der Waals surface area contributed by atoms with Gasteiger partial charge in [0.15, 0.2) is 0 Å². The summed E-state index contributed by atoms with van der Waals surface area (Å²) in [4.78, 5) is 16.2. The average Bonchev–Trinajstić information content (AvgIpc) is 2.66. The molecule has 0 atom stereocenters. The van der Waals surface area contributed by atoms with Gasteiger partial charge in [-0.25, -0.2) is 0 Å². The Morgan fingerprint density at radius 1 is 1.14 bits per heavy atom. The normalized spacial score (nSPS) is 12.0. The van der Waals surface area contributed by atoms with Crippen molar-refractivity contribution in [2.75, 3.05) is 13.2 Å². The SMILES string of the molecule is CC=C(NOCCOc1cccc(CC(=O)O)c1C)c1ccc(C(F)(F)F)cc1. The zero-order valence-electron chi connectivity index (χ0n) is 16.0. The van der Waals surface area contributed by atoms with Crippen LogP contribution in [-0.2, 0) is 22.2 Å². The Labute approximate surface area is 166 Å². The predicted molar refractivity (Wildman–Crippen MR) is 102 cm³/mol. The van der Waals surface area contributed by atoms with E-state index in [-0.39, 0.29) is 19.6 Å². The number of hydrogen-bond donors (Lipinski definition) is 2. The molecule has 0 heterocycles. The van der Waals surface area contributed by atoms with E-state index in [0.29, 0.717) is 22.6 Å². The van der Waals surface area contributed by atoms with Crippen molar-refractivity contribution in [3.63, 3.8) is 0 Å². The predicted octanol–water partition coefficient (Wildman–Crippen LogP) is 4.60. The topological polar surface area (TPSA) is 67.8 Å². The van der Waals surface area contributed by atoms with Crippen molar-refractivity contribution >= 4 is 11.7 Å². The van der Waals surface area contributed by atoms with Gasteiger partial charge in [0.05, 0.1) is 17.7 Å². The Morgan fingerprint density at radius 2 is 1.83 bits per heavy atom. The molecule has 0 fully saturated rings. The van der Waals surface area contributed by atoms with Crippen LogP contribution in [0, 0.1) is 6.92 Å². The molecule has 0 aliphatic carbocycles. The van der Waals surface area contributed by atoms with Gasteiger partial charge in [-0.1, -0.05) is 30.3 Å². The van der Waals surface area contributed by atoms with Crippen molar-refractivity contribution in [3.05, 3.63) is 70.8 Å². The van der Waals surface area contributed by atoms with E-state index in [9.17, 15) is 18.0 Å². The zero-order valence-corrected chi connectivity index (χ0v) is 16.0. The standard InChI is InChI=1S/C21H22F3NO4/c1-3-18(15-7-9-17(10-8-15)21(22,23)24)25-29-12-11-28-19-6-4-5-16(14(19)2)13-20(26)27/h3-10,25H,11-13H2,1-2H3,(H,26,27). The molecule has 2 aromatic carbocycles. The molecule has 0 aliphatic heterocycles. The number of ether oxygens (including phenoxy) is 1. The van der Waals surface area contributed by atoms with E-state index < -0.39 is 17.7 Å². The Hall–Kier alpha value is -3.00. The van der Waals surface area contributed by atoms with E-state index in [1.807, 2.05) is 0 Å². The first-order valence-electron chi connectivity index (χ1n) is 8.87. The Balaban J connectivity index is 1.85. The largest absolute Gasteiger partial charge is 0.491 e. The number of carboxylic acids is 1. The van der Waals surface area contributed by atoms with E-state index >= 15 is 0 Å². The van der Waals surface area contributed by atoms with E-state index in [1.165, 1.54) is 12.1 Å². The summed E-state index contributed by atoms with van der Waals surface area (Å²) >= 11 is 0.